The Kier molecular flexibility index (Phi) is 3.73. The van der Waals surface area contributed by atoms with Gasteiger partial charge in [-0.15, -0.1) is 12.4 Å². The maximum Gasteiger partial charge on any atom is 0.211 e. The molecule has 1 unspecified atom stereocenters. The Morgan fingerprint density at radius 1 is 1.22 bits per heavy atom. The fraction of sp³-hybridized carbons (Fsp3) is 0.357. The van der Waals surface area contributed by atoms with Crippen molar-refractivity contribution in [2.75, 3.05) is 13.1 Å². The third kappa shape index (κ3) is 2.04. The van der Waals surface area contributed by atoms with E-state index < -0.39 is 5.60 Å². The average molecular weight is 266 g/mol. The van der Waals surface area contributed by atoms with Crippen LogP contribution < -0.4 is 5.32 Å². The van der Waals surface area contributed by atoms with Gasteiger partial charge in [-0.3, -0.25) is 4.79 Å². The molecular formula is C14H16ClNO2. The fourth-order valence-electron chi connectivity index (χ4n) is 2.51. The molecule has 0 amide bonds. The molecule has 0 radical (unpaired) electrons. The van der Waals surface area contributed by atoms with E-state index in [1.807, 2.05) is 30.3 Å². The highest BCUT2D eigenvalue weighted by Crippen LogP contribution is 2.35. The first kappa shape index (κ1) is 13.1. The number of ketones is 1. The number of hydrogen-bond donors (Lipinski definition) is 1. The molecule has 18 heavy (non-hydrogen) atoms. The largest absolute Gasteiger partial charge is 0.485 e. The number of halogens is 1. The van der Waals surface area contributed by atoms with E-state index in [1.54, 1.807) is 6.26 Å². The standard InChI is InChI=1S/C14H15NO2.ClH/c16-13-12(11-5-2-1-3-6-11)9-17-14(13)7-4-8-15-10-14;/h1-3,5-6,9,15H,4,7-8,10H2;1H. The quantitative estimate of drug-likeness (QED) is 0.846. The van der Waals surface area contributed by atoms with Crippen molar-refractivity contribution in [2.45, 2.75) is 18.4 Å². The van der Waals surface area contributed by atoms with Gasteiger partial charge in [0, 0.05) is 6.54 Å². The summed E-state index contributed by atoms with van der Waals surface area (Å²) in [6.45, 7) is 1.59. The highest BCUT2D eigenvalue weighted by Gasteiger charge is 2.46. The van der Waals surface area contributed by atoms with Crippen LogP contribution in [0.5, 0.6) is 0 Å². The molecule has 1 N–H and O–H groups in total. The highest BCUT2D eigenvalue weighted by atomic mass is 35.5. The smallest absolute Gasteiger partial charge is 0.211 e. The predicted molar refractivity (Wildman–Crippen MR) is 72.6 cm³/mol. The minimum absolute atomic E-state index is 0. The first-order chi connectivity index (χ1) is 8.32. The van der Waals surface area contributed by atoms with Crippen molar-refractivity contribution in [1.29, 1.82) is 0 Å². The number of piperidine rings is 1. The maximum absolute atomic E-state index is 12.4. The highest BCUT2D eigenvalue weighted by molar-refractivity contribution is 6.26. The molecule has 2 aliphatic rings. The van der Waals surface area contributed by atoms with Gasteiger partial charge < -0.3 is 10.1 Å². The number of Topliss-reactive ketones (excluding diaryl/α,β-unsaturated/α-hetero) is 1. The van der Waals surface area contributed by atoms with Gasteiger partial charge in [-0.1, -0.05) is 30.3 Å². The van der Waals surface area contributed by atoms with Crippen molar-refractivity contribution >= 4 is 23.8 Å². The van der Waals surface area contributed by atoms with E-state index in [0.29, 0.717) is 12.1 Å². The van der Waals surface area contributed by atoms with E-state index in [0.717, 1.165) is 24.9 Å². The zero-order valence-corrected chi connectivity index (χ0v) is 10.8. The van der Waals surface area contributed by atoms with Crippen LogP contribution in [0, 0.1) is 0 Å². The lowest BCUT2D eigenvalue weighted by Crippen LogP contribution is -2.50. The number of benzene rings is 1. The summed E-state index contributed by atoms with van der Waals surface area (Å²) in [4.78, 5) is 12.4. The molecule has 1 fully saturated rings. The van der Waals surface area contributed by atoms with Crippen LogP contribution in [0.1, 0.15) is 18.4 Å². The van der Waals surface area contributed by atoms with E-state index >= 15 is 0 Å². The molecule has 2 heterocycles. The van der Waals surface area contributed by atoms with E-state index in [1.165, 1.54) is 0 Å². The van der Waals surface area contributed by atoms with E-state index in [4.69, 9.17) is 4.74 Å². The van der Waals surface area contributed by atoms with Crippen LogP contribution in [-0.4, -0.2) is 24.5 Å². The zero-order chi connectivity index (χ0) is 11.7. The molecule has 4 heteroatoms. The molecule has 0 aromatic heterocycles. The summed E-state index contributed by atoms with van der Waals surface area (Å²) in [5, 5.41) is 3.24. The van der Waals surface area contributed by atoms with Gasteiger partial charge in [0.2, 0.25) is 5.78 Å². The summed E-state index contributed by atoms with van der Waals surface area (Å²) < 4.78 is 5.69. The van der Waals surface area contributed by atoms with Gasteiger partial charge in [0.1, 0.15) is 0 Å². The van der Waals surface area contributed by atoms with Crippen LogP contribution >= 0.6 is 12.4 Å². The van der Waals surface area contributed by atoms with Crippen molar-refractivity contribution in [1.82, 2.24) is 5.32 Å². The van der Waals surface area contributed by atoms with Gasteiger partial charge in [-0.25, -0.2) is 0 Å². The van der Waals surface area contributed by atoms with Crippen LogP contribution in [0.2, 0.25) is 0 Å². The lowest BCUT2D eigenvalue weighted by molar-refractivity contribution is -0.130. The summed E-state index contributed by atoms with van der Waals surface area (Å²) in [6.07, 6.45) is 3.43. The third-order valence-corrected chi connectivity index (χ3v) is 3.49. The Bertz CT molecular complexity index is 464. The number of rotatable bonds is 1. The Hall–Kier alpha value is -1.32. The SMILES string of the molecule is Cl.O=C1C(c2ccccc2)=COC12CCCNC2. The second-order valence-corrected chi connectivity index (χ2v) is 4.62. The van der Waals surface area contributed by atoms with E-state index in [-0.39, 0.29) is 18.2 Å². The van der Waals surface area contributed by atoms with Gasteiger partial charge >= 0.3 is 0 Å². The molecule has 1 aromatic rings. The minimum Gasteiger partial charge on any atom is -0.485 e. The van der Waals surface area contributed by atoms with Crippen LogP contribution in [0.15, 0.2) is 36.6 Å². The summed E-state index contributed by atoms with van der Waals surface area (Å²) in [5.41, 5.74) is 1.01. The van der Waals surface area contributed by atoms with Gasteiger partial charge in [-0.05, 0) is 24.9 Å². The molecule has 0 saturated carbocycles. The normalized spacial score (nSPS) is 26.4. The van der Waals surface area contributed by atoms with Gasteiger partial charge in [0.25, 0.3) is 0 Å². The predicted octanol–water partition coefficient (Wildman–Crippen LogP) is 2.17. The molecular weight excluding hydrogens is 250 g/mol. The van der Waals surface area contributed by atoms with Gasteiger partial charge in [0.05, 0.1) is 11.8 Å². The molecule has 96 valence electrons. The third-order valence-electron chi connectivity index (χ3n) is 3.49. The van der Waals surface area contributed by atoms with Crippen LogP contribution in [0.25, 0.3) is 5.57 Å². The average Bonchev–Trinajstić information content (AvgIpc) is 2.70. The molecule has 3 nitrogen and oxygen atoms in total. The first-order valence-corrected chi connectivity index (χ1v) is 6.01. The first-order valence-electron chi connectivity index (χ1n) is 6.01. The summed E-state index contributed by atoms with van der Waals surface area (Å²) in [7, 11) is 0. The molecule has 3 rings (SSSR count). The maximum atomic E-state index is 12.4. The molecule has 0 bridgehead atoms. The fourth-order valence-corrected chi connectivity index (χ4v) is 2.51. The second kappa shape index (κ2) is 5.12. The second-order valence-electron chi connectivity index (χ2n) is 4.62. The number of ether oxygens (including phenoxy) is 1. The Morgan fingerprint density at radius 2 is 2.00 bits per heavy atom. The summed E-state index contributed by atoms with van der Waals surface area (Å²) in [6, 6.07) is 9.72. The molecule has 2 aliphatic heterocycles. The topological polar surface area (TPSA) is 38.3 Å². The molecule has 1 saturated heterocycles. The van der Waals surface area contributed by atoms with E-state index in [9.17, 15) is 4.79 Å². The lowest BCUT2D eigenvalue weighted by Gasteiger charge is -2.31. The van der Waals surface area contributed by atoms with Gasteiger partial charge in [0.15, 0.2) is 5.60 Å². The van der Waals surface area contributed by atoms with Crippen molar-refractivity contribution in [2.24, 2.45) is 0 Å². The van der Waals surface area contributed by atoms with E-state index in [2.05, 4.69) is 5.32 Å². The van der Waals surface area contributed by atoms with Crippen molar-refractivity contribution in [3.05, 3.63) is 42.2 Å². The Morgan fingerprint density at radius 3 is 2.67 bits per heavy atom. The van der Waals surface area contributed by atoms with Crippen LogP contribution in [0.4, 0.5) is 0 Å². The minimum atomic E-state index is -0.635. The van der Waals surface area contributed by atoms with Crippen molar-refractivity contribution in [3.8, 4) is 0 Å². The molecule has 1 aromatic carbocycles. The summed E-state index contributed by atoms with van der Waals surface area (Å²) >= 11 is 0. The Balaban J connectivity index is 0.00000120. The Labute approximate surface area is 113 Å². The van der Waals surface area contributed by atoms with Crippen LogP contribution in [0.3, 0.4) is 0 Å². The summed E-state index contributed by atoms with van der Waals surface area (Å²) in [5.74, 6) is 0.121. The van der Waals surface area contributed by atoms with Crippen molar-refractivity contribution < 1.29 is 9.53 Å². The zero-order valence-electron chi connectivity index (χ0n) is 10.0. The number of carbonyl (C=O) groups is 1. The van der Waals surface area contributed by atoms with Gasteiger partial charge in [-0.2, -0.15) is 0 Å². The number of nitrogens with one attached hydrogen (secondary N) is 1. The number of hydrogen-bond acceptors (Lipinski definition) is 3. The molecule has 1 spiro atoms. The molecule has 1 atom stereocenters. The van der Waals surface area contributed by atoms with Crippen molar-refractivity contribution in [3.63, 3.8) is 0 Å². The molecule has 0 aliphatic carbocycles. The van der Waals surface area contributed by atoms with Crippen LogP contribution in [-0.2, 0) is 9.53 Å². The lowest BCUT2D eigenvalue weighted by atomic mass is 9.86. The monoisotopic (exact) mass is 265 g/mol. The number of carbonyl (C=O) groups excluding carboxylic acids is 1.